The van der Waals surface area contributed by atoms with Gasteiger partial charge in [-0.1, -0.05) is 12.1 Å². The molecule has 2 rings (SSSR count). The molecule has 0 spiro atoms. The number of aryl methyl sites for hydroxylation is 1. The van der Waals surface area contributed by atoms with Crippen molar-refractivity contribution >= 4 is 18.5 Å². The van der Waals surface area contributed by atoms with Crippen LogP contribution in [0.25, 0.3) is 0 Å². The van der Waals surface area contributed by atoms with Gasteiger partial charge in [0.2, 0.25) is 0 Å². The van der Waals surface area contributed by atoms with Gasteiger partial charge < -0.3 is 5.32 Å². The molecule has 5 heteroatoms. The number of nitrogens with one attached hydrogen (secondary N) is 1. The predicted molar refractivity (Wildman–Crippen MR) is 71.6 cm³/mol. The fourth-order valence-corrected chi connectivity index (χ4v) is 1.80. The smallest absolute Gasteiger partial charge is 0.252 e. The molecule has 4 nitrogen and oxygen atoms in total. The third kappa shape index (κ3) is 3.07. The molecule has 0 radical (unpaired) electrons. The number of aromatic nitrogens is 2. The topological polar surface area (TPSA) is 54.9 Å². The maximum atomic E-state index is 11.9. The zero-order valence-electron chi connectivity index (χ0n) is 9.92. The second-order valence-electron chi connectivity index (χ2n) is 3.80. The van der Waals surface area contributed by atoms with Crippen LogP contribution < -0.4 is 5.32 Å². The van der Waals surface area contributed by atoms with Crippen LogP contribution in [0, 0.1) is 6.92 Å². The molecule has 1 heterocycles. The molecule has 1 amide bonds. The van der Waals surface area contributed by atoms with Crippen molar-refractivity contribution in [2.24, 2.45) is 0 Å². The highest BCUT2D eigenvalue weighted by atomic mass is 32.1. The Kier molecular flexibility index (Phi) is 3.94. The molecule has 0 bridgehead atoms. The Morgan fingerprint density at radius 1 is 1.33 bits per heavy atom. The number of nitrogens with zero attached hydrogens (tertiary/aromatic N) is 2. The molecule has 0 atom stereocenters. The molecular formula is C13H13N3OS. The van der Waals surface area contributed by atoms with Gasteiger partial charge in [0.05, 0.1) is 17.8 Å². The summed E-state index contributed by atoms with van der Waals surface area (Å²) in [6, 6.07) is 8.95. The lowest BCUT2D eigenvalue weighted by molar-refractivity contribution is 0.0947. The maximum Gasteiger partial charge on any atom is 0.252 e. The van der Waals surface area contributed by atoms with Crippen LogP contribution in [0.3, 0.4) is 0 Å². The molecule has 0 fully saturated rings. The van der Waals surface area contributed by atoms with Crippen LogP contribution in [-0.4, -0.2) is 15.9 Å². The molecule has 0 aliphatic carbocycles. The summed E-state index contributed by atoms with van der Waals surface area (Å²) in [6.07, 6.45) is 1.68. The molecule has 0 saturated carbocycles. The van der Waals surface area contributed by atoms with E-state index in [0.717, 1.165) is 5.69 Å². The Balaban J connectivity index is 2.03. The summed E-state index contributed by atoms with van der Waals surface area (Å²) in [7, 11) is 0. The molecule has 18 heavy (non-hydrogen) atoms. The molecule has 92 valence electrons. The van der Waals surface area contributed by atoms with Gasteiger partial charge in [-0.25, -0.2) is 9.97 Å². The van der Waals surface area contributed by atoms with Crippen molar-refractivity contribution in [3.05, 3.63) is 53.6 Å². The zero-order valence-corrected chi connectivity index (χ0v) is 10.8. The molecule has 0 aliphatic rings. The lowest BCUT2D eigenvalue weighted by Crippen LogP contribution is -2.23. The first-order valence-electron chi connectivity index (χ1n) is 5.51. The van der Waals surface area contributed by atoms with Gasteiger partial charge in [-0.15, -0.1) is 12.6 Å². The van der Waals surface area contributed by atoms with E-state index in [2.05, 4.69) is 27.9 Å². The number of rotatable bonds is 3. The molecule has 0 unspecified atom stereocenters. The second kappa shape index (κ2) is 5.64. The fourth-order valence-electron chi connectivity index (χ4n) is 1.54. The van der Waals surface area contributed by atoms with Crippen molar-refractivity contribution in [3.63, 3.8) is 0 Å². The summed E-state index contributed by atoms with van der Waals surface area (Å²) in [5.74, 6) is 0.535. The third-order valence-corrected chi connectivity index (χ3v) is 2.80. The zero-order chi connectivity index (χ0) is 13.0. The number of carbonyl (C=O) groups excluding carboxylic acids is 1. The predicted octanol–water partition coefficient (Wildman–Crippen LogP) is 2.00. The van der Waals surface area contributed by atoms with E-state index in [1.54, 1.807) is 24.4 Å². The van der Waals surface area contributed by atoms with Crippen LogP contribution in [0.1, 0.15) is 21.9 Å². The standard InChI is InChI=1S/C13H13N3OS/c1-9-14-7-6-10(16-9)8-15-13(17)11-4-2-3-5-12(11)18/h2-7,18H,8H2,1H3,(H,15,17). The first-order valence-corrected chi connectivity index (χ1v) is 5.96. The van der Waals surface area contributed by atoms with E-state index in [9.17, 15) is 4.79 Å². The summed E-state index contributed by atoms with van der Waals surface area (Å²) in [5, 5.41) is 2.81. The van der Waals surface area contributed by atoms with Gasteiger partial charge in [0.15, 0.2) is 0 Å². The highest BCUT2D eigenvalue weighted by Gasteiger charge is 2.08. The molecular weight excluding hydrogens is 246 g/mol. The van der Waals surface area contributed by atoms with E-state index in [4.69, 9.17) is 0 Å². The van der Waals surface area contributed by atoms with Gasteiger partial charge in [-0.05, 0) is 25.1 Å². The third-order valence-electron chi connectivity index (χ3n) is 2.41. The molecule has 0 aliphatic heterocycles. The number of thiol groups is 1. The van der Waals surface area contributed by atoms with E-state index in [0.29, 0.717) is 22.8 Å². The summed E-state index contributed by atoms with van der Waals surface area (Å²) in [6.45, 7) is 2.19. The van der Waals surface area contributed by atoms with E-state index < -0.39 is 0 Å². The van der Waals surface area contributed by atoms with Crippen molar-refractivity contribution < 1.29 is 4.79 Å². The van der Waals surface area contributed by atoms with Crippen LogP contribution in [0.5, 0.6) is 0 Å². The lowest BCUT2D eigenvalue weighted by atomic mass is 10.2. The Bertz CT molecular complexity index is 572. The number of amides is 1. The number of hydrogen-bond acceptors (Lipinski definition) is 4. The highest BCUT2D eigenvalue weighted by Crippen LogP contribution is 2.12. The Hall–Kier alpha value is -1.88. The van der Waals surface area contributed by atoms with E-state index >= 15 is 0 Å². The van der Waals surface area contributed by atoms with Gasteiger partial charge in [0.25, 0.3) is 5.91 Å². The van der Waals surface area contributed by atoms with Crippen LogP contribution in [0.15, 0.2) is 41.4 Å². The summed E-state index contributed by atoms with van der Waals surface area (Å²) >= 11 is 4.25. The van der Waals surface area contributed by atoms with E-state index in [1.807, 2.05) is 19.1 Å². The minimum Gasteiger partial charge on any atom is -0.346 e. The van der Waals surface area contributed by atoms with Crippen molar-refractivity contribution in [1.29, 1.82) is 0 Å². The normalized spacial score (nSPS) is 10.1. The van der Waals surface area contributed by atoms with Gasteiger partial charge >= 0.3 is 0 Å². The van der Waals surface area contributed by atoms with Crippen molar-refractivity contribution in [2.75, 3.05) is 0 Å². The average molecular weight is 259 g/mol. The first-order chi connectivity index (χ1) is 8.66. The van der Waals surface area contributed by atoms with E-state index in [1.165, 1.54) is 0 Å². The quantitative estimate of drug-likeness (QED) is 0.829. The number of carbonyl (C=O) groups is 1. The fraction of sp³-hybridized carbons (Fsp3) is 0.154. The van der Waals surface area contributed by atoms with Crippen molar-refractivity contribution in [1.82, 2.24) is 15.3 Å². The SMILES string of the molecule is Cc1nccc(CNC(=O)c2ccccc2S)n1. The molecule has 1 aromatic carbocycles. The monoisotopic (exact) mass is 259 g/mol. The van der Waals surface area contributed by atoms with Crippen LogP contribution in [-0.2, 0) is 6.54 Å². The summed E-state index contributed by atoms with van der Waals surface area (Å²) in [5.41, 5.74) is 1.35. The number of benzene rings is 1. The van der Waals surface area contributed by atoms with Crippen molar-refractivity contribution in [3.8, 4) is 0 Å². The minimum absolute atomic E-state index is 0.156. The Labute approximate surface area is 111 Å². The van der Waals surface area contributed by atoms with Crippen LogP contribution >= 0.6 is 12.6 Å². The molecule has 2 aromatic rings. The lowest BCUT2D eigenvalue weighted by Gasteiger charge is -2.06. The second-order valence-corrected chi connectivity index (χ2v) is 4.28. The van der Waals surface area contributed by atoms with Gasteiger partial charge in [-0.2, -0.15) is 0 Å². The van der Waals surface area contributed by atoms with Crippen LogP contribution in [0.2, 0.25) is 0 Å². The summed E-state index contributed by atoms with van der Waals surface area (Å²) in [4.78, 5) is 20.8. The molecule has 1 aromatic heterocycles. The highest BCUT2D eigenvalue weighted by molar-refractivity contribution is 7.80. The minimum atomic E-state index is -0.156. The maximum absolute atomic E-state index is 11.9. The van der Waals surface area contributed by atoms with Crippen molar-refractivity contribution in [2.45, 2.75) is 18.4 Å². The Morgan fingerprint density at radius 3 is 2.83 bits per heavy atom. The van der Waals surface area contributed by atoms with Crippen LogP contribution in [0.4, 0.5) is 0 Å². The molecule has 0 saturated heterocycles. The van der Waals surface area contributed by atoms with Gasteiger partial charge in [0.1, 0.15) is 5.82 Å². The average Bonchev–Trinajstić information content (AvgIpc) is 2.37. The largest absolute Gasteiger partial charge is 0.346 e. The van der Waals surface area contributed by atoms with Gasteiger partial charge in [0, 0.05) is 11.1 Å². The first kappa shape index (κ1) is 12.6. The summed E-state index contributed by atoms with van der Waals surface area (Å²) < 4.78 is 0. The van der Waals surface area contributed by atoms with Gasteiger partial charge in [-0.3, -0.25) is 4.79 Å². The number of hydrogen-bond donors (Lipinski definition) is 2. The molecule has 1 N–H and O–H groups in total. The Morgan fingerprint density at radius 2 is 2.11 bits per heavy atom. The van der Waals surface area contributed by atoms with E-state index in [-0.39, 0.29) is 5.91 Å².